The molecule has 1 aliphatic carbocycles. The van der Waals surface area contributed by atoms with Gasteiger partial charge in [-0.25, -0.2) is 13.1 Å². The Labute approximate surface area is 178 Å². The van der Waals surface area contributed by atoms with Crippen LogP contribution in [0.4, 0.5) is 0 Å². The van der Waals surface area contributed by atoms with Gasteiger partial charge in [-0.1, -0.05) is 42.8 Å². The molecule has 0 radical (unpaired) electrons. The van der Waals surface area contributed by atoms with Crippen LogP contribution in [0, 0.1) is 0 Å². The van der Waals surface area contributed by atoms with Gasteiger partial charge < -0.3 is 10.5 Å². The van der Waals surface area contributed by atoms with E-state index in [-0.39, 0.29) is 30.9 Å². The van der Waals surface area contributed by atoms with Gasteiger partial charge in [0, 0.05) is 23.5 Å². The Kier molecular flexibility index (Phi) is 7.57. The van der Waals surface area contributed by atoms with E-state index in [9.17, 15) is 8.42 Å². The number of hydrogen-bond donors (Lipinski definition) is 2. The summed E-state index contributed by atoms with van der Waals surface area (Å²) < 4.78 is 31.8. The highest BCUT2D eigenvalue weighted by Crippen LogP contribution is 2.36. The van der Waals surface area contributed by atoms with Gasteiger partial charge in [0.15, 0.2) is 0 Å². The van der Waals surface area contributed by atoms with Crippen molar-refractivity contribution in [1.82, 2.24) is 4.72 Å². The van der Waals surface area contributed by atoms with E-state index in [1.54, 1.807) is 0 Å². The summed E-state index contributed by atoms with van der Waals surface area (Å²) in [6.45, 7) is 2.37. The molecule has 2 aromatic carbocycles. The Bertz CT molecular complexity index is 933. The second kappa shape index (κ2) is 9.94. The minimum Gasteiger partial charge on any atom is -0.492 e. The monoisotopic (exact) mass is 436 g/mol. The molecule has 0 aromatic heterocycles. The molecule has 1 aliphatic rings. The number of fused-ring (bicyclic) bond motifs is 1. The third kappa shape index (κ3) is 5.95. The largest absolute Gasteiger partial charge is 0.492 e. The molecule has 0 fully saturated rings. The van der Waals surface area contributed by atoms with Crippen molar-refractivity contribution >= 4 is 21.6 Å². The predicted molar refractivity (Wildman–Crippen MR) is 118 cm³/mol. The highest BCUT2D eigenvalue weighted by Gasteiger charge is 2.28. The van der Waals surface area contributed by atoms with Gasteiger partial charge in [0.05, 0.1) is 5.75 Å². The molecular formula is C22H29ClN2O3S. The summed E-state index contributed by atoms with van der Waals surface area (Å²) >= 11 is 6.37. The van der Waals surface area contributed by atoms with Crippen LogP contribution in [0.1, 0.15) is 42.4 Å². The first-order valence-corrected chi connectivity index (χ1v) is 12.1. The number of ether oxygens (including phenoxy) is 1. The van der Waals surface area contributed by atoms with Crippen LogP contribution in [0.5, 0.6) is 5.75 Å². The smallest absolute Gasteiger partial charge is 0.211 e. The Morgan fingerprint density at radius 2 is 2.03 bits per heavy atom. The summed E-state index contributed by atoms with van der Waals surface area (Å²) in [5, 5.41) is 0.763. The summed E-state index contributed by atoms with van der Waals surface area (Å²) in [7, 11) is -3.21. The second-order valence-corrected chi connectivity index (χ2v) is 9.86. The van der Waals surface area contributed by atoms with E-state index in [2.05, 4.69) is 16.9 Å². The number of nitrogens with two attached hydrogens (primary N) is 1. The third-order valence-electron chi connectivity index (χ3n) is 5.34. The Hall–Kier alpha value is -1.60. The van der Waals surface area contributed by atoms with Crippen molar-refractivity contribution in [2.45, 2.75) is 44.6 Å². The van der Waals surface area contributed by atoms with Gasteiger partial charge >= 0.3 is 0 Å². The van der Waals surface area contributed by atoms with Crippen LogP contribution in [0.2, 0.25) is 5.02 Å². The molecule has 3 rings (SSSR count). The molecule has 2 atom stereocenters. The lowest BCUT2D eigenvalue weighted by Crippen LogP contribution is -2.34. The third-order valence-corrected chi connectivity index (χ3v) is 7.30. The molecule has 0 spiro atoms. The van der Waals surface area contributed by atoms with Crippen molar-refractivity contribution in [3.05, 3.63) is 64.2 Å². The molecule has 5 nitrogen and oxygen atoms in total. The molecule has 2 unspecified atom stereocenters. The van der Waals surface area contributed by atoms with E-state index in [1.165, 1.54) is 11.1 Å². The summed E-state index contributed by atoms with van der Waals surface area (Å²) in [6, 6.07) is 14.0. The van der Waals surface area contributed by atoms with Crippen LogP contribution < -0.4 is 15.2 Å². The fourth-order valence-electron chi connectivity index (χ4n) is 3.86. The number of sulfonamides is 1. The van der Waals surface area contributed by atoms with Crippen molar-refractivity contribution < 1.29 is 13.2 Å². The molecule has 0 aliphatic heterocycles. The van der Waals surface area contributed by atoms with Crippen molar-refractivity contribution in [3.63, 3.8) is 0 Å². The van der Waals surface area contributed by atoms with Gasteiger partial charge in [-0.05, 0) is 60.6 Å². The zero-order valence-corrected chi connectivity index (χ0v) is 18.3. The number of nitrogens with one attached hydrogen (secondary N) is 1. The molecule has 0 saturated carbocycles. The van der Waals surface area contributed by atoms with Crippen LogP contribution in [0.25, 0.3) is 0 Å². The number of benzene rings is 2. The molecule has 7 heteroatoms. The average Bonchev–Trinajstić information content (AvgIpc) is 2.69. The fourth-order valence-corrected chi connectivity index (χ4v) is 5.15. The van der Waals surface area contributed by atoms with Crippen LogP contribution in [0.3, 0.4) is 0 Å². The van der Waals surface area contributed by atoms with Crippen molar-refractivity contribution in [3.8, 4) is 5.75 Å². The summed E-state index contributed by atoms with van der Waals surface area (Å²) in [5.41, 5.74) is 10.1. The summed E-state index contributed by atoms with van der Waals surface area (Å²) in [5.74, 6) is 1.04. The molecule has 0 amide bonds. The molecule has 0 saturated heterocycles. The van der Waals surface area contributed by atoms with E-state index in [1.807, 2.05) is 37.3 Å². The maximum absolute atomic E-state index is 11.7. The van der Waals surface area contributed by atoms with Gasteiger partial charge in [-0.2, -0.15) is 0 Å². The highest BCUT2D eigenvalue weighted by atomic mass is 35.5. The molecule has 158 valence electrons. The summed E-state index contributed by atoms with van der Waals surface area (Å²) in [4.78, 5) is 0. The first kappa shape index (κ1) is 22.1. The van der Waals surface area contributed by atoms with Gasteiger partial charge in [0.1, 0.15) is 12.4 Å². The molecule has 0 bridgehead atoms. The normalized spacial score (nSPS) is 19.0. The lowest BCUT2D eigenvalue weighted by molar-refractivity contribution is 0.321. The van der Waals surface area contributed by atoms with E-state index in [0.717, 1.165) is 35.6 Å². The fraction of sp³-hybridized carbons (Fsp3) is 0.455. The minimum absolute atomic E-state index is 0.0647. The van der Waals surface area contributed by atoms with Crippen molar-refractivity contribution in [1.29, 1.82) is 0 Å². The zero-order chi connectivity index (χ0) is 20.9. The maximum atomic E-state index is 11.7. The molecule has 2 aromatic rings. The molecular weight excluding hydrogens is 408 g/mol. The van der Waals surface area contributed by atoms with Crippen LogP contribution in [-0.4, -0.2) is 33.4 Å². The lowest BCUT2D eigenvalue weighted by atomic mass is 9.76. The molecule has 29 heavy (non-hydrogen) atoms. The second-order valence-electron chi connectivity index (χ2n) is 7.53. The van der Waals surface area contributed by atoms with Crippen molar-refractivity contribution in [2.24, 2.45) is 5.73 Å². The topological polar surface area (TPSA) is 81.4 Å². The Morgan fingerprint density at radius 1 is 1.24 bits per heavy atom. The van der Waals surface area contributed by atoms with Crippen LogP contribution >= 0.6 is 11.6 Å². The standard InChI is InChI=1S/C22H29ClN2O3S/c1-2-13-29(26,27)25-11-12-28-18-9-7-16-8-10-22(24)20(19(16)15-18)14-17-5-3-4-6-21(17)23/h3-7,9,15,20,22,25H,2,8,10-14,24H2,1H3. The molecule has 0 heterocycles. The zero-order valence-electron chi connectivity index (χ0n) is 16.7. The maximum Gasteiger partial charge on any atom is 0.211 e. The predicted octanol–water partition coefficient (Wildman–Crippen LogP) is 3.65. The van der Waals surface area contributed by atoms with Gasteiger partial charge in [0.2, 0.25) is 10.0 Å². The Balaban J connectivity index is 1.69. The van der Waals surface area contributed by atoms with Crippen LogP contribution in [0.15, 0.2) is 42.5 Å². The highest BCUT2D eigenvalue weighted by molar-refractivity contribution is 7.89. The SMILES string of the molecule is CCCS(=O)(=O)NCCOc1ccc2c(c1)C(Cc1ccccc1Cl)C(N)CC2. The first-order valence-electron chi connectivity index (χ1n) is 10.1. The minimum atomic E-state index is -3.21. The van der Waals surface area contributed by atoms with E-state index in [4.69, 9.17) is 22.1 Å². The Morgan fingerprint density at radius 3 is 2.79 bits per heavy atom. The van der Waals surface area contributed by atoms with Gasteiger partial charge in [0.25, 0.3) is 0 Å². The number of halogens is 1. The number of aryl methyl sites for hydroxylation is 1. The quantitative estimate of drug-likeness (QED) is 0.588. The summed E-state index contributed by atoms with van der Waals surface area (Å²) in [6.07, 6.45) is 3.27. The van der Waals surface area contributed by atoms with E-state index < -0.39 is 10.0 Å². The first-order chi connectivity index (χ1) is 13.9. The van der Waals surface area contributed by atoms with Crippen LogP contribution in [-0.2, 0) is 22.9 Å². The van der Waals surface area contributed by atoms with Crippen molar-refractivity contribution in [2.75, 3.05) is 18.9 Å². The van der Waals surface area contributed by atoms with E-state index >= 15 is 0 Å². The van der Waals surface area contributed by atoms with Gasteiger partial charge in [-0.3, -0.25) is 0 Å². The average molecular weight is 437 g/mol. The van der Waals surface area contributed by atoms with E-state index in [0.29, 0.717) is 6.42 Å². The lowest BCUT2D eigenvalue weighted by Gasteiger charge is -2.32. The number of rotatable bonds is 9. The van der Waals surface area contributed by atoms with Gasteiger partial charge in [-0.15, -0.1) is 0 Å². The number of hydrogen-bond acceptors (Lipinski definition) is 4. The molecule has 3 N–H and O–H groups in total.